The molecule has 0 bridgehead atoms. The molecule has 0 spiro atoms. The van der Waals surface area contributed by atoms with Crippen LogP contribution in [0.5, 0.6) is 0 Å². The van der Waals surface area contributed by atoms with Gasteiger partial charge in [0.15, 0.2) is 0 Å². The first kappa shape index (κ1) is 10.1. The number of hydrogen-bond donors (Lipinski definition) is 1. The third-order valence-electron chi connectivity index (χ3n) is 2.09. The highest BCUT2D eigenvalue weighted by Gasteiger charge is 2.04. The third-order valence-corrected chi connectivity index (χ3v) is 2.51. The SMILES string of the molecule is Fc1cccc(CNn2cccc2)c1Cl. The second kappa shape index (κ2) is 4.36. The highest BCUT2D eigenvalue weighted by Crippen LogP contribution is 2.19. The first-order valence-corrected chi connectivity index (χ1v) is 4.95. The topological polar surface area (TPSA) is 17.0 Å². The number of rotatable bonds is 3. The molecule has 1 aromatic heterocycles. The van der Waals surface area contributed by atoms with Crippen LogP contribution in [0.25, 0.3) is 0 Å². The lowest BCUT2D eigenvalue weighted by Gasteiger charge is -2.09. The van der Waals surface area contributed by atoms with Gasteiger partial charge in [0.1, 0.15) is 5.82 Å². The monoisotopic (exact) mass is 224 g/mol. The normalized spacial score (nSPS) is 10.3. The van der Waals surface area contributed by atoms with Crippen LogP contribution in [0.15, 0.2) is 42.7 Å². The van der Waals surface area contributed by atoms with Gasteiger partial charge >= 0.3 is 0 Å². The third kappa shape index (κ3) is 2.30. The van der Waals surface area contributed by atoms with Gasteiger partial charge in [-0.05, 0) is 23.8 Å². The largest absolute Gasteiger partial charge is 0.322 e. The fraction of sp³-hybridized carbons (Fsp3) is 0.0909. The Morgan fingerprint density at radius 3 is 2.67 bits per heavy atom. The molecule has 0 fully saturated rings. The summed E-state index contributed by atoms with van der Waals surface area (Å²) in [6.45, 7) is 0.491. The van der Waals surface area contributed by atoms with Crippen molar-refractivity contribution in [1.29, 1.82) is 0 Å². The van der Waals surface area contributed by atoms with E-state index in [4.69, 9.17) is 11.6 Å². The van der Waals surface area contributed by atoms with Gasteiger partial charge in [-0.3, -0.25) is 4.68 Å². The van der Waals surface area contributed by atoms with Crippen molar-refractivity contribution in [1.82, 2.24) is 4.68 Å². The molecule has 4 heteroatoms. The van der Waals surface area contributed by atoms with Crippen molar-refractivity contribution in [2.24, 2.45) is 0 Å². The van der Waals surface area contributed by atoms with Crippen LogP contribution in [-0.4, -0.2) is 4.68 Å². The highest BCUT2D eigenvalue weighted by molar-refractivity contribution is 6.31. The van der Waals surface area contributed by atoms with Crippen molar-refractivity contribution in [2.45, 2.75) is 6.54 Å². The second-order valence-electron chi connectivity index (χ2n) is 3.14. The van der Waals surface area contributed by atoms with Crippen LogP contribution in [0.3, 0.4) is 0 Å². The number of hydrogen-bond acceptors (Lipinski definition) is 1. The molecule has 1 aromatic carbocycles. The van der Waals surface area contributed by atoms with E-state index < -0.39 is 0 Å². The van der Waals surface area contributed by atoms with Crippen molar-refractivity contribution in [3.8, 4) is 0 Å². The van der Waals surface area contributed by atoms with Crippen molar-refractivity contribution < 1.29 is 4.39 Å². The Morgan fingerprint density at radius 2 is 1.93 bits per heavy atom. The van der Waals surface area contributed by atoms with E-state index in [9.17, 15) is 4.39 Å². The Balaban J connectivity index is 2.08. The number of aromatic nitrogens is 1. The van der Waals surface area contributed by atoms with Crippen LogP contribution in [0.2, 0.25) is 5.02 Å². The van der Waals surface area contributed by atoms with E-state index >= 15 is 0 Å². The lowest BCUT2D eigenvalue weighted by atomic mass is 10.2. The molecule has 0 aliphatic rings. The van der Waals surface area contributed by atoms with E-state index in [0.29, 0.717) is 6.54 Å². The molecule has 0 saturated heterocycles. The fourth-order valence-electron chi connectivity index (χ4n) is 1.30. The summed E-state index contributed by atoms with van der Waals surface area (Å²) in [5, 5.41) is 0.178. The summed E-state index contributed by atoms with van der Waals surface area (Å²) in [5.41, 5.74) is 3.82. The van der Waals surface area contributed by atoms with E-state index in [1.54, 1.807) is 16.8 Å². The van der Waals surface area contributed by atoms with Gasteiger partial charge < -0.3 is 5.43 Å². The summed E-state index contributed by atoms with van der Waals surface area (Å²) in [5.74, 6) is -0.386. The number of nitrogens with zero attached hydrogens (tertiary/aromatic N) is 1. The van der Waals surface area contributed by atoms with E-state index in [0.717, 1.165) is 5.56 Å². The van der Waals surface area contributed by atoms with E-state index in [-0.39, 0.29) is 10.8 Å². The van der Waals surface area contributed by atoms with Gasteiger partial charge in [0.25, 0.3) is 0 Å². The van der Waals surface area contributed by atoms with Gasteiger partial charge in [-0.1, -0.05) is 23.7 Å². The van der Waals surface area contributed by atoms with Crippen LogP contribution in [0, 0.1) is 5.82 Å². The van der Waals surface area contributed by atoms with Crippen molar-refractivity contribution in [3.05, 3.63) is 59.1 Å². The van der Waals surface area contributed by atoms with Crippen molar-refractivity contribution >= 4 is 11.6 Å². The predicted octanol–water partition coefficient (Wildman–Crippen LogP) is 3.02. The van der Waals surface area contributed by atoms with Gasteiger partial charge in [0.2, 0.25) is 0 Å². The molecule has 0 radical (unpaired) electrons. The highest BCUT2D eigenvalue weighted by atomic mass is 35.5. The molecule has 2 aromatic rings. The summed E-state index contributed by atoms with van der Waals surface area (Å²) in [4.78, 5) is 0. The van der Waals surface area contributed by atoms with Gasteiger partial charge in [0, 0.05) is 12.4 Å². The summed E-state index contributed by atoms with van der Waals surface area (Å²) < 4.78 is 14.9. The molecule has 0 aliphatic heterocycles. The molecule has 2 nitrogen and oxygen atoms in total. The van der Waals surface area contributed by atoms with Crippen LogP contribution in [0.4, 0.5) is 4.39 Å². The predicted molar refractivity (Wildman–Crippen MR) is 58.9 cm³/mol. The molecule has 1 heterocycles. The summed E-state index contributed by atoms with van der Waals surface area (Å²) in [6, 6.07) is 8.59. The molecule has 0 unspecified atom stereocenters. The zero-order valence-corrected chi connectivity index (χ0v) is 8.71. The van der Waals surface area contributed by atoms with Crippen LogP contribution < -0.4 is 5.43 Å². The zero-order valence-electron chi connectivity index (χ0n) is 7.95. The van der Waals surface area contributed by atoms with E-state index in [1.807, 2.05) is 24.5 Å². The maximum atomic E-state index is 13.1. The minimum absolute atomic E-state index is 0.178. The Hall–Kier alpha value is -1.48. The Morgan fingerprint density at radius 1 is 1.20 bits per heavy atom. The maximum Gasteiger partial charge on any atom is 0.142 e. The Bertz CT molecular complexity index is 440. The molecular weight excluding hydrogens is 215 g/mol. The van der Waals surface area contributed by atoms with E-state index in [1.165, 1.54) is 6.07 Å². The van der Waals surface area contributed by atoms with Gasteiger partial charge in [-0.25, -0.2) is 4.39 Å². The fourth-order valence-corrected chi connectivity index (χ4v) is 1.49. The summed E-state index contributed by atoms with van der Waals surface area (Å²) >= 11 is 5.81. The quantitative estimate of drug-likeness (QED) is 0.848. The number of benzene rings is 1. The lowest BCUT2D eigenvalue weighted by Crippen LogP contribution is -2.12. The van der Waals surface area contributed by atoms with Crippen LogP contribution in [0.1, 0.15) is 5.56 Å². The molecule has 0 atom stereocenters. The van der Waals surface area contributed by atoms with Crippen LogP contribution >= 0.6 is 11.6 Å². The molecule has 2 rings (SSSR count). The molecule has 0 aliphatic carbocycles. The van der Waals surface area contributed by atoms with Gasteiger partial charge in [-0.15, -0.1) is 0 Å². The molecular formula is C11H10ClFN2. The number of halogens is 2. The Kier molecular flexibility index (Phi) is 2.92. The number of nitrogens with one attached hydrogen (secondary N) is 1. The molecule has 15 heavy (non-hydrogen) atoms. The standard InChI is InChI=1S/C11H10ClFN2/c12-11-9(4-3-5-10(11)13)8-14-15-6-1-2-7-15/h1-7,14H,8H2. The van der Waals surface area contributed by atoms with Gasteiger partial charge in [0.05, 0.1) is 11.6 Å². The lowest BCUT2D eigenvalue weighted by molar-refractivity contribution is 0.625. The molecule has 0 amide bonds. The summed E-state index contributed by atoms with van der Waals surface area (Å²) in [6.07, 6.45) is 3.74. The van der Waals surface area contributed by atoms with Crippen molar-refractivity contribution in [3.63, 3.8) is 0 Å². The minimum atomic E-state index is -0.386. The smallest absolute Gasteiger partial charge is 0.142 e. The maximum absolute atomic E-state index is 13.1. The van der Waals surface area contributed by atoms with Crippen LogP contribution in [-0.2, 0) is 6.54 Å². The first-order valence-electron chi connectivity index (χ1n) is 4.57. The summed E-state index contributed by atoms with van der Waals surface area (Å²) in [7, 11) is 0. The van der Waals surface area contributed by atoms with E-state index in [2.05, 4.69) is 5.43 Å². The molecule has 0 saturated carbocycles. The zero-order chi connectivity index (χ0) is 10.7. The molecule has 1 N–H and O–H groups in total. The van der Waals surface area contributed by atoms with Crippen molar-refractivity contribution in [2.75, 3.05) is 5.43 Å². The average Bonchev–Trinajstić information content (AvgIpc) is 2.73. The molecule has 78 valence electrons. The average molecular weight is 225 g/mol. The Labute approximate surface area is 92.3 Å². The second-order valence-corrected chi connectivity index (χ2v) is 3.52. The van der Waals surface area contributed by atoms with Gasteiger partial charge in [-0.2, -0.15) is 0 Å². The minimum Gasteiger partial charge on any atom is -0.322 e. The first-order chi connectivity index (χ1) is 7.27.